The van der Waals surface area contributed by atoms with E-state index in [4.69, 9.17) is 4.84 Å². The van der Waals surface area contributed by atoms with Gasteiger partial charge in [0.15, 0.2) is 0 Å². The van der Waals surface area contributed by atoms with Crippen LogP contribution >= 0.6 is 11.8 Å². The van der Waals surface area contributed by atoms with Crippen molar-refractivity contribution in [1.82, 2.24) is 0 Å². The Morgan fingerprint density at radius 2 is 1.15 bits per heavy atom. The van der Waals surface area contributed by atoms with Gasteiger partial charge in [-0.15, -0.1) is 0 Å². The van der Waals surface area contributed by atoms with Crippen molar-refractivity contribution in [3.63, 3.8) is 0 Å². The van der Waals surface area contributed by atoms with Gasteiger partial charge < -0.3 is 0 Å². The Hall–Kier alpha value is -3.54. The summed E-state index contributed by atoms with van der Waals surface area (Å²) in [5.41, 5.74) is 5.76. The van der Waals surface area contributed by atoms with Crippen LogP contribution in [-0.4, -0.2) is 5.91 Å². The Morgan fingerprint density at radius 1 is 0.647 bits per heavy atom. The Balaban J connectivity index is 1.62. The molecule has 2 aliphatic heterocycles. The highest BCUT2D eigenvalue weighted by molar-refractivity contribution is 8.02. The highest BCUT2D eigenvalue weighted by Gasteiger charge is 2.73. The molecule has 2 fully saturated rings. The van der Waals surface area contributed by atoms with Gasteiger partial charge in [0.1, 0.15) is 0 Å². The van der Waals surface area contributed by atoms with Crippen LogP contribution in [0.5, 0.6) is 0 Å². The summed E-state index contributed by atoms with van der Waals surface area (Å²) in [6.45, 7) is 4.10. The lowest BCUT2D eigenvalue weighted by molar-refractivity contribution is -0.133. The molecule has 2 heterocycles. The predicted molar refractivity (Wildman–Crippen MR) is 137 cm³/mol. The highest BCUT2D eigenvalue weighted by Crippen LogP contribution is 2.68. The van der Waals surface area contributed by atoms with Crippen molar-refractivity contribution >= 4 is 29.0 Å². The standard InChI is InChI=1S/C29H24N2O2S/c1-21-13-17-25(18-14-21)30-27(32)28(23-9-5-3-6-10-23)31(26-19-15-22(2)16-20-26)33-29(30,34-28)24-11-7-4-8-12-24/h3-20H,1-2H3/t28-,29+/m1/s1. The molecule has 0 unspecified atom stereocenters. The first-order valence-electron chi connectivity index (χ1n) is 11.3. The Labute approximate surface area is 203 Å². The Morgan fingerprint density at radius 3 is 1.71 bits per heavy atom. The summed E-state index contributed by atoms with van der Waals surface area (Å²) >= 11 is 1.54. The summed E-state index contributed by atoms with van der Waals surface area (Å²) in [5, 5.41) is 0.765. The van der Waals surface area contributed by atoms with Crippen LogP contribution in [0.1, 0.15) is 22.3 Å². The number of benzene rings is 4. The maximum atomic E-state index is 14.6. The zero-order valence-electron chi connectivity index (χ0n) is 19.0. The molecular formula is C29H24N2O2S. The van der Waals surface area contributed by atoms with Crippen LogP contribution in [0.25, 0.3) is 0 Å². The van der Waals surface area contributed by atoms with Gasteiger partial charge in [0.25, 0.3) is 11.0 Å². The lowest BCUT2D eigenvalue weighted by atomic mass is 10.0. The molecular weight excluding hydrogens is 440 g/mol. The topological polar surface area (TPSA) is 32.8 Å². The van der Waals surface area contributed by atoms with Gasteiger partial charge in [-0.2, -0.15) is 0 Å². The molecule has 4 aromatic carbocycles. The summed E-state index contributed by atoms with van der Waals surface area (Å²) in [7, 11) is 0. The van der Waals surface area contributed by atoms with Crippen molar-refractivity contribution in [3.05, 3.63) is 131 Å². The molecule has 168 valence electrons. The van der Waals surface area contributed by atoms with Gasteiger partial charge in [0.05, 0.1) is 5.69 Å². The molecule has 0 aromatic heterocycles. The quantitative estimate of drug-likeness (QED) is 0.345. The molecule has 2 atom stereocenters. The molecule has 0 aliphatic carbocycles. The SMILES string of the molecule is Cc1ccc(N2C(=O)[C@@]3(c4ccccc4)S[C@]2(c2ccccc2)ON3c2ccc(C)cc2)cc1. The number of hydrogen-bond donors (Lipinski definition) is 0. The molecule has 34 heavy (non-hydrogen) atoms. The lowest BCUT2D eigenvalue weighted by Gasteiger charge is -2.43. The smallest absolute Gasteiger partial charge is 0.270 e. The van der Waals surface area contributed by atoms with E-state index in [0.29, 0.717) is 0 Å². The van der Waals surface area contributed by atoms with Crippen molar-refractivity contribution < 1.29 is 9.63 Å². The normalized spacial score (nSPS) is 23.5. The molecule has 5 heteroatoms. The number of nitrogens with zero attached hydrogens (tertiary/aromatic N) is 2. The van der Waals surface area contributed by atoms with Crippen LogP contribution < -0.4 is 9.96 Å². The summed E-state index contributed by atoms with van der Waals surface area (Å²) in [6.07, 6.45) is 0. The molecule has 2 bridgehead atoms. The zero-order valence-corrected chi connectivity index (χ0v) is 19.8. The van der Waals surface area contributed by atoms with Gasteiger partial charge in [-0.1, -0.05) is 108 Å². The number of anilines is 2. The molecule has 0 N–H and O–H groups in total. The summed E-state index contributed by atoms with van der Waals surface area (Å²) in [4.78, 5) is 22.2. The minimum absolute atomic E-state index is 0.0248. The van der Waals surface area contributed by atoms with Crippen molar-refractivity contribution in [3.8, 4) is 0 Å². The third kappa shape index (κ3) is 2.94. The molecule has 1 amide bonds. The van der Waals surface area contributed by atoms with Crippen molar-refractivity contribution in [2.24, 2.45) is 0 Å². The van der Waals surface area contributed by atoms with E-state index in [1.165, 1.54) is 11.8 Å². The van der Waals surface area contributed by atoms with E-state index in [0.717, 1.165) is 33.6 Å². The van der Waals surface area contributed by atoms with E-state index >= 15 is 0 Å². The second-order valence-corrected chi connectivity index (χ2v) is 10.1. The average Bonchev–Trinajstić information content (AvgIpc) is 3.37. The number of carbonyl (C=O) groups excluding carboxylic acids is 1. The van der Waals surface area contributed by atoms with Gasteiger partial charge in [-0.25, -0.2) is 9.90 Å². The third-order valence-corrected chi connectivity index (χ3v) is 8.08. The molecule has 4 nitrogen and oxygen atoms in total. The summed E-state index contributed by atoms with van der Waals surface area (Å²) in [6, 6.07) is 36.1. The van der Waals surface area contributed by atoms with Crippen molar-refractivity contribution in [2.45, 2.75) is 23.8 Å². The van der Waals surface area contributed by atoms with Gasteiger partial charge in [-0.05, 0) is 43.7 Å². The lowest BCUT2D eigenvalue weighted by Crippen LogP contribution is -2.58. The first-order valence-corrected chi connectivity index (χ1v) is 12.1. The number of thioether (sulfide) groups is 1. The Kier molecular flexibility index (Phi) is 4.80. The number of amides is 1. The van der Waals surface area contributed by atoms with Gasteiger partial charge in [-0.3, -0.25) is 9.69 Å². The van der Waals surface area contributed by atoms with E-state index in [9.17, 15) is 4.79 Å². The van der Waals surface area contributed by atoms with Crippen LogP contribution in [0.3, 0.4) is 0 Å². The van der Waals surface area contributed by atoms with E-state index in [2.05, 4.69) is 6.92 Å². The van der Waals surface area contributed by atoms with Crippen LogP contribution in [-0.2, 0) is 19.6 Å². The van der Waals surface area contributed by atoms with Gasteiger partial charge in [0, 0.05) is 11.3 Å². The maximum Gasteiger partial charge on any atom is 0.274 e. The molecule has 0 saturated carbocycles. The third-order valence-electron chi connectivity index (χ3n) is 6.44. The van der Waals surface area contributed by atoms with Gasteiger partial charge >= 0.3 is 0 Å². The fourth-order valence-electron chi connectivity index (χ4n) is 4.70. The van der Waals surface area contributed by atoms with E-state index in [1.807, 2.05) is 126 Å². The number of aryl methyl sites for hydroxylation is 2. The van der Waals surface area contributed by atoms with E-state index < -0.39 is 9.93 Å². The first-order chi connectivity index (χ1) is 16.5. The van der Waals surface area contributed by atoms with E-state index in [1.54, 1.807) is 0 Å². The highest BCUT2D eigenvalue weighted by atomic mass is 32.2. The minimum Gasteiger partial charge on any atom is -0.270 e. The first kappa shape index (κ1) is 21.0. The van der Waals surface area contributed by atoms with Crippen LogP contribution in [0, 0.1) is 13.8 Å². The number of hydrogen-bond acceptors (Lipinski definition) is 4. The average molecular weight is 465 g/mol. The van der Waals surface area contributed by atoms with Gasteiger partial charge in [0.2, 0.25) is 4.87 Å². The minimum atomic E-state index is -1.07. The molecule has 6 rings (SSSR count). The van der Waals surface area contributed by atoms with Crippen LogP contribution in [0.4, 0.5) is 11.4 Å². The van der Waals surface area contributed by atoms with Crippen LogP contribution in [0.15, 0.2) is 109 Å². The number of fused-ring (bicyclic) bond motifs is 2. The van der Waals surface area contributed by atoms with Crippen molar-refractivity contribution in [1.29, 1.82) is 0 Å². The maximum absolute atomic E-state index is 14.6. The number of hydroxylamine groups is 1. The number of carbonyl (C=O) groups is 1. The second-order valence-electron chi connectivity index (χ2n) is 8.76. The zero-order chi connectivity index (χ0) is 23.3. The molecule has 0 spiro atoms. The van der Waals surface area contributed by atoms with Crippen molar-refractivity contribution in [2.75, 3.05) is 9.96 Å². The molecule has 4 aromatic rings. The summed E-state index contributed by atoms with van der Waals surface area (Å²) in [5.74, 6) is -0.0248. The largest absolute Gasteiger partial charge is 0.274 e. The molecule has 0 radical (unpaired) electrons. The molecule has 2 saturated heterocycles. The monoisotopic (exact) mass is 464 g/mol. The fourth-order valence-corrected chi connectivity index (χ4v) is 6.40. The molecule has 2 aliphatic rings. The fraction of sp³-hybridized carbons (Fsp3) is 0.138. The summed E-state index contributed by atoms with van der Waals surface area (Å²) < 4.78 is 0. The number of rotatable bonds is 4. The van der Waals surface area contributed by atoms with Crippen LogP contribution in [0.2, 0.25) is 0 Å². The predicted octanol–water partition coefficient (Wildman–Crippen LogP) is 6.50. The van der Waals surface area contributed by atoms with E-state index in [-0.39, 0.29) is 5.91 Å². The Bertz CT molecular complexity index is 1340. The second kappa shape index (κ2) is 7.76.